The quantitative estimate of drug-likeness (QED) is 0.713. The molecule has 2 aromatic rings. The molecule has 28 heavy (non-hydrogen) atoms. The number of nitrogens with one attached hydrogen (secondary N) is 2. The summed E-state index contributed by atoms with van der Waals surface area (Å²) in [5.74, 6) is -0.595. The smallest absolute Gasteiger partial charge is 0.239 e. The first-order valence-electron chi connectivity index (χ1n) is 9.48. The number of thiazole rings is 1. The Labute approximate surface area is 172 Å². The van der Waals surface area contributed by atoms with E-state index in [4.69, 9.17) is 0 Å². The van der Waals surface area contributed by atoms with E-state index in [0.717, 1.165) is 25.0 Å². The minimum absolute atomic E-state index is 0.139. The van der Waals surface area contributed by atoms with Gasteiger partial charge in [-0.05, 0) is 56.9 Å². The zero-order valence-corrected chi connectivity index (χ0v) is 17.4. The van der Waals surface area contributed by atoms with E-state index >= 15 is 0 Å². The zero-order chi connectivity index (χ0) is 19.9. The van der Waals surface area contributed by atoms with Gasteiger partial charge in [0.25, 0.3) is 0 Å². The van der Waals surface area contributed by atoms with Gasteiger partial charge in [0.05, 0.1) is 16.7 Å². The van der Waals surface area contributed by atoms with Gasteiger partial charge in [-0.2, -0.15) is 0 Å². The molecule has 1 aromatic carbocycles. The van der Waals surface area contributed by atoms with Crippen LogP contribution < -0.4 is 10.6 Å². The number of hydrogen-bond acceptors (Lipinski definition) is 5. The van der Waals surface area contributed by atoms with Gasteiger partial charge in [-0.1, -0.05) is 12.8 Å². The van der Waals surface area contributed by atoms with Crippen molar-refractivity contribution in [2.24, 2.45) is 0 Å². The monoisotopic (exact) mass is 421 g/mol. The van der Waals surface area contributed by atoms with Gasteiger partial charge in [-0.15, -0.1) is 23.1 Å². The number of rotatable bonds is 6. The van der Waals surface area contributed by atoms with Crippen molar-refractivity contribution in [2.75, 3.05) is 16.4 Å². The molecule has 0 saturated carbocycles. The van der Waals surface area contributed by atoms with E-state index in [-0.39, 0.29) is 28.6 Å². The first-order chi connectivity index (χ1) is 13.5. The number of anilines is 2. The molecule has 0 fully saturated rings. The fourth-order valence-corrected chi connectivity index (χ4v) is 4.71. The summed E-state index contributed by atoms with van der Waals surface area (Å²) in [6.45, 7) is 1.77. The predicted octanol–water partition coefficient (Wildman–Crippen LogP) is 4.64. The molecule has 1 aliphatic carbocycles. The van der Waals surface area contributed by atoms with Crippen molar-refractivity contribution < 1.29 is 14.0 Å². The highest BCUT2D eigenvalue weighted by atomic mass is 32.2. The minimum atomic E-state index is -0.384. The van der Waals surface area contributed by atoms with Gasteiger partial charge in [-0.3, -0.25) is 9.59 Å². The van der Waals surface area contributed by atoms with E-state index in [9.17, 15) is 14.0 Å². The van der Waals surface area contributed by atoms with E-state index in [0.29, 0.717) is 10.8 Å². The highest BCUT2D eigenvalue weighted by Gasteiger charge is 2.19. The molecule has 150 valence electrons. The SMILES string of the molecule is CC(SCC(=O)Nc1ccc(F)cc1)C(=O)Nc1nc2c(s1)CCCCCC2. The van der Waals surface area contributed by atoms with Crippen LogP contribution in [0.5, 0.6) is 0 Å². The Hall–Kier alpha value is -1.93. The standard InChI is InChI=1S/C20H24FN3O2S2/c1-13(27-12-18(25)22-15-10-8-14(21)9-11-15)19(26)24-20-23-16-6-4-2-3-5-7-17(16)28-20/h8-11,13H,2-7,12H2,1H3,(H,22,25)(H,23,24,26). The number of fused-ring (bicyclic) bond motifs is 1. The number of halogens is 1. The summed E-state index contributed by atoms with van der Waals surface area (Å²) in [4.78, 5) is 30.3. The van der Waals surface area contributed by atoms with Crippen LogP contribution in [0, 0.1) is 5.82 Å². The van der Waals surface area contributed by atoms with Crippen LogP contribution in [0.4, 0.5) is 15.2 Å². The summed E-state index contributed by atoms with van der Waals surface area (Å²) in [6, 6.07) is 5.58. The summed E-state index contributed by atoms with van der Waals surface area (Å²) in [7, 11) is 0. The summed E-state index contributed by atoms with van der Waals surface area (Å²) in [6.07, 6.45) is 6.85. The molecule has 8 heteroatoms. The molecule has 0 radical (unpaired) electrons. The Kier molecular flexibility index (Phi) is 7.44. The molecule has 2 amide bonds. The number of amides is 2. The average molecular weight is 422 g/mol. The molecular weight excluding hydrogens is 397 g/mol. The summed E-state index contributed by atoms with van der Waals surface area (Å²) in [5.41, 5.74) is 1.66. The van der Waals surface area contributed by atoms with Crippen molar-refractivity contribution in [3.8, 4) is 0 Å². The maximum absolute atomic E-state index is 12.9. The molecule has 0 spiro atoms. The lowest BCUT2D eigenvalue weighted by molar-refractivity contribution is -0.115. The maximum Gasteiger partial charge on any atom is 0.239 e. The molecule has 0 aliphatic heterocycles. The second-order valence-electron chi connectivity index (χ2n) is 6.80. The van der Waals surface area contributed by atoms with Crippen LogP contribution >= 0.6 is 23.1 Å². The first-order valence-corrected chi connectivity index (χ1v) is 11.3. The Balaban J connectivity index is 1.47. The van der Waals surface area contributed by atoms with Crippen molar-refractivity contribution in [1.29, 1.82) is 0 Å². The molecule has 1 atom stereocenters. The second-order valence-corrected chi connectivity index (χ2v) is 9.21. The molecule has 2 N–H and O–H groups in total. The number of aryl methyl sites for hydroxylation is 2. The molecule has 3 rings (SSSR count). The van der Waals surface area contributed by atoms with Crippen molar-refractivity contribution >= 4 is 45.7 Å². The lowest BCUT2D eigenvalue weighted by atomic mass is 10.0. The number of benzene rings is 1. The van der Waals surface area contributed by atoms with Crippen LogP contribution in [0.15, 0.2) is 24.3 Å². The van der Waals surface area contributed by atoms with E-state index < -0.39 is 0 Å². The fraction of sp³-hybridized carbons (Fsp3) is 0.450. The van der Waals surface area contributed by atoms with Crippen LogP contribution in [-0.2, 0) is 22.4 Å². The Morgan fingerprint density at radius 2 is 1.86 bits per heavy atom. The van der Waals surface area contributed by atoms with Gasteiger partial charge in [0.1, 0.15) is 5.82 Å². The molecule has 1 heterocycles. The summed E-state index contributed by atoms with van der Waals surface area (Å²) < 4.78 is 12.9. The maximum atomic E-state index is 12.9. The molecule has 0 bridgehead atoms. The lowest BCUT2D eigenvalue weighted by Crippen LogP contribution is -2.25. The van der Waals surface area contributed by atoms with Gasteiger partial charge in [-0.25, -0.2) is 9.37 Å². The second kappa shape index (κ2) is 10.0. The Bertz CT molecular complexity index is 798. The van der Waals surface area contributed by atoms with Crippen molar-refractivity contribution in [3.05, 3.63) is 40.7 Å². The number of nitrogens with zero attached hydrogens (tertiary/aromatic N) is 1. The van der Waals surface area contributed by atoms with Crippen LogP contribution in [0.3, 0.4) is 0 Å². The molecule has 1 aromatic heterocycles. The summed E-state index contributed by atoms with van der Waals surface area (Å²) >= 11 is 2.82. The molecule has 5 nitrogen and oxygen atoms in total. The highest BCUT2D eigenvalue weighted by molar-refractivity contribution is 8.01. The van der Waals surface area contributed by atoms with Gasteiger partial charge in [0, 0.05) is 10.6 Å². The van der Waals surface area contributed by atoms with Gasteiger partial charge < -0.3 is 10.6 Å². The third-order valence-corrected chi connectivity index (χ3v) is 6.75. The van der Waals surface area contributed by atoms with Crippen LogP contribution in [0.25, 0.3) is 0 Å². The normalized spacial score (nSPS) is 15.1. The van der Waals surface area contributed by atoms with Crippen LogP contribution in [-0.4, -0.2) is 27.8 Å². The Morgan fingerprint density at radius 3 is 2.61 bits per heavy atom. The van der Waals surface area contributed by atoms with Crippen molar-refractivity contribution in [1.82, 2.24) is 4.98 Å². The molecular formula is C20H24FN3O2S2. The molecule has 1 aliphatic rings. The van der Waals surface area contributed by atoms with Crippen LogP contribution in [0.2, 0.25) is 0 Å². The number of hydrogen-bond donors (Lipinski definition) is 2. The van der Waals surface area contributed by atoms with E-state index in [1.54, 1.807) is 18.3 Å². The number of carbonyl (C=O) groups is 2. The van der Waals surface area contributed by atoms with Gasteiger partial charge in [0.2, 0.25) is 11.8 Å². The first kappa shape index (κ1) is 20.8. The minimum Gasteiger partial charge on any atom is -0.325 e. The number of thioether (sulfide) groups is 1. The average Bonchev–Trinajstić information content (AvgIpc) is 3.02. The number of carbonyl (C=O) groups excluding carboxylic acids is 2. The third kappa shape index (κ3) is 6.04. The van der Waals surface area contributed by atoms with Gasteiger partial charge >= 0.3 is 0 Å². The molecule has 1 unspecified atom stereocenters. The van der Waals surface area contributed by atoms with Crippen LogP contribution in [0.1, 0.15) is 43.2 Å². The fourth-order valence-electron chi connectivity index (χ4n) is 2.97. The summed E-state index contributed by atoms with van der Waals surface area (Å²) in [5, 5.41) is 5.85. The predicted molar refractivity (Wildman–Crippen MR) is 114 cm³/mol. The highest BCUT2D eigenvalue weighted by Crippen LogP contribution is 2.29. The number of aromatic nitrogens is 1. The van der Waals surface area contributed by atoms with Crippen molar-refractivity contribution in [2.45, 2.75) is 50.7 Å². The largest absolute Gasteiger partial charge is 0.325 e. The van der Waals surface area contributed by atoms with E-state index in [1.165, 1.54) is 60.2 Å². The van der Waals surface area contributed by atoms with E-state index in [2.05, 4.69) is 15.6 Å². The van der Waals surface area contributed by atoms with Crippen molar-refractivity contribution in [3.63, 3.8) is 0 Å². The Morgan fingerprint density at radius 1 is 1.14 bits per heavy atom. The molecule has 0 saturated heterocycles. The van der Waals surface area contributed by atoms with Gasteiger partial charge in [0.15, 0.2) is 5.13 Å². The lowest BCUT2D eigenvalue weighted by Gasteiger charge is -2.10. The van der Waals surface area contributed by atoms with E-state index in [1.807, 2.05) is 0 Å². The zero-order valence-electron chi connectivity index (χ0n) is 15.8. The third-order valence-electron chi connectivity index (χ3n) is 4.54. The topological polar surface area (TPSA) is 71.1 Å².